The van der Waals surface area contributed by atoms with Crippen molar-refractivity contribution in [2.45, 2.75) is 33.6 Å². The Bertz CT molecular complexity index is 164. The Hall–Kier alpha value is -0.570. The van der Waals surface area contributed by atoms with E-state index in [2.05, 4.69) is 4.74 Å². The molecule has 0 radical (unpaired) electrons. The van der Waals surface area contributed by atoms with Gasteiger partial charge in [0.25, 0.3) is 0 Å². The number of carbonyl (C=O) groups is 1. The third kappa shape index (κ3) is 4.88. The number of aliphatic hydroxyl groups excluding tert-OH is 1. The lowest BCUT2D eigenvalue weighted by Crippen LogP contribution is -2.20. The van der Waals surface area contributed by atoms with Crippen LogP contribution in [0.4, 0.5) is 0 Å². The smallest absolute Gasteiger partial charge is 0.308 e. The summed E-state index contributed by atoms with van der Waals surface area (Å²) in [7, 11) is 1.40. The number of hydrogen-bond donors (Lipinski definition) is 1. The summed E-state index contributed by atoms with van der Waals surface area (Å²) < 4.78 is 4.61. The van der Waals surface area contributed by atoms with E-state index in [-0.39, 0.29) is 23.9 Å². The second-order valence-electron chi connectivity index (χ2n) is 4.29. The molecule has 0 aliphatic rings. The van der Waals surface area contributed by atoms with Crippen LogP contribution in [-0.4, -0.2) is 24.8 Å². The molecule has 0 bridgehead atoms. The molecule has 0 saturated carbocycles. The molecule has 13 heavy (non-hydrogen) atoms. The number of rotatable bonds is 5. The Labute approximate surface area is 80.1 Å². The molecule has 0 aromatic carbocycles. The van der Waals surface area contributed by atoms with E-state index >= 15 is 0 Å². The van der Waals surface area contributed by atoms with Gasteiger partial charge in [0.1, 0.15) is 0 Å². The molecule has 0 fully saturated rings. The number of esters is 1. The Morgan fingerprint density at radius 2 is 2.08 bits per heavy atom. The van der Waals surface area contributed by atoms with E-state index in [0.29, 0.717) is 0 Å². The van der Waals surface area contributed by atoms with E-state index in [4.69, 9.17) is 5.11 Å². The van der Waals surface area contributed by atoms with E-state index in [0.717, 1.165) is 12.8 Å². The zero-order chi connectivity index (χ0) is 10.5. The molecule has 1 N–H and O–H groups in total. The monoisotopic (exact) mass is 188 g/mol. The minimum atomic E-state index is -0.172. The van der Waals surface area contributed by atoms with Crippen molar-refractivity contribution in [1.29, 1.82) is 0 Å². The third-order valence-corrected chi connectivity index (χ3v) is 2.29. The largest absolute Gasteiger partial charge is 0.469 e. The molecule has 0 rings (SSSR count). The minimum absolute atomic E-state index is 0.0733. The fourth-order valence-electron chi connectivity index (χ4n) is 1.01. The quantitative estimate of drug-likeness (QED) is 0.666. The van der Waals surface area contributed by atoms with Gasteiger partial charge in [0.15, 0.2) is 0 Å². The SMILES string of the molecule is COC(=O)[C@H](C)CCC(C)(C)CO. The van der Waals surface area contributed by atoms with Crippen LogP contribution in [0.5, 0.6) is 0 Å². The van der Waals surface area contributed by atoms with Gasteiger partial charge in [-0.15, -0.1) is 0 Å². The van der Waals surface area contributed by atoms with Crippen molar-refractivity contribution < 1.29 is 14.6 Å². The van der Waals surface area contributed by atoms with Crippen molar-refractivity contribution in [3.63, 3.8) is 0 Å². The first-order valence-electron chi connectivity index (χ1n) is 4.61. The van der Waals surface area contributed by atoms with Crippen molar-refractivity contribution in [3.05, 3.63) is 0 Å². The van der Waals surface area contributed by atoms with Crippen LogP contribution in [0, 0.1) is 11.3 Å². The number of carbonyl (C=O) groups excluding carboxylic acids is 1. The Kier molecular flexibility index (Phi) is 4.99. The number of hydrogen-bond acceptors (Lipinski definition) is 3. The second-order valence-corrected chi connectivity index (χ2v) is 4.29. The minimum Gasteiger partial charge on any atom is -0.469 e. The lowest BCUT2D eigenvalue weighted by atomic mass is 9.86. The Morgan fingerprint density at radius 3 is 2.46 bits per heavy atom. The first-order valence-corrected chi connectivity index (χ1v) is 4.61. The average Bonchev–Trinajstić information content (AvgIpc) is 2.13. The molecular formula is C10H20O3. The first-order chi connectivity index (χ1) is 5.93. The zero-order valence-electron chi connectivity index (χ0n) is 8.96. The maximum atomic E-state index is 11.0. The molecule has 0 aromatic heterocycles. The Balaban J connectivity index is 3.82. The molecule has 3 nitrogen and oxygen atoms in total. The maximum Gasteiger partial charge on any atom is 0.308 e. The number of methoxy groups -OCH3 is 1. The van der Waals surface area contributed by atoms with Crippen molar-refractivity contribution in [3.8, 4) is 0 Å². The molecule has 0 saturated heterocycles. The lowest BCUT2D eigenvalue weighted by Gasteiger charge is -2.22. The second kappa shape index (κ2) is 5.22. The van der Waals surface area contributed by atoms with Crippen LogP contribution < -0.4 is 0 Å². The standard InChI is InChI=1S/C10H20O3/c1-8(9(12)13-4)5-6-10(2,3)7-11/h8,11H,5-7H2,1-4H3/t8-/m1/s1. The molecule has 0 unspecified atom stereocenters. The van der Waals surface area contributed by atoms with Crippen molar-refractivity contribution >= 4 is 5.97 Å². The van der Waals surface area contributed by atoms with E-state index in [1.165, 1.54) is 7.11 Å². The van der Waals surface area contributed by atoms with Gasteiger partial charge in [-0.25, -0.2) is 0 Å². The van der Waals surface area contributed by atoms with Gasteiger partial charge >= 0.3 is 5.97 Å². The van der Waals surface area contributed by atoms with Gasteiger partial charge in [-0.1, -0.05) is 20.8 Å². The van der Waals surface area contributed by atoms with Crippen LogP contribution in [0.3, 0.4) is 0 Å². The summed E-state index contributed by atoms with van der Waals surface area (Å²) in [5, 5.41) is 8.99. The van der Waals surface area contributed by atoms with Crippen LogP contribution in [-0.2, 0) is 9.53 Å². The molecule has 0 spiro atoms. The van der Waals surface area contributed by atoms with Crippen molar-refractivity contribution in [2.75, 3.05) is 13.7 Å². The topological polar surface area (TPSA) is 46.5 Å². The molecule has 0 heterocycles. The molecule has 1 atom stereocenters. The number of ether oxygens (including phenoxy) is 1. The van der Waals surface area contributed by atoms with E-state index in [1.54, 1.807) is 0 Å². The van der Waals surface area contributed by atoms with Crippen molar-refractivity contribution in [1.82, 2.24) is 0 Å². The fourth-order valence-corrected chi connectivity index (χ4v) is 1.01. The van der Waals surface area contributed by atoms with Gasteiger partial charge in [-0.05, 0) is 18.3 Å². The number of aliphatic hydroxyl groups is 1. The van der Waals surface area contributed by atoms with Crippen LogP contribution in [0.1, 0.15) is 33.6 Å². The summed E-state index contributed by atoms with van der Waals surface area (Å²) in [6.45, 7) is 5.97. The van der Waals surface area contributed by atoms with E-state index in [1.807, 2.05) is 20.8 Å². The van der Waals surface area contributed by atoms with Crippen molar-refractivity contribution in [2.24, 2.45) is 11.3 Å². The summed E-state index contributed by atoms with van der Waals surface area (Å²) in [5.74, 6) is -0.246. The van der Waals surface area contributed by atoms with E-state index in [9.17, 15) is 4.79 Å². The lowest BCUT2D eigenvalue weighted by molar-refractivity contribution is -0.145. The summed E-state index contributed by atoms with van der Waals surface area (Å²) in [4.78, 5) is 11.0. The van der Waals surface area contributed by atoms with Gasteiger partial charge in [0.2, 0.25) is 0 Å². The molecule has 0 aliphatic heterocycles. The van der Waals surface area contributed by atoms with Crippen LogP contribution in [0.2, 0.25) is 0 Å². The summed E-state index contributed by atoms with van der Waals surface area (Å²) >= 11 is 0. The van der Waals surface area contributed by atoms with Crippen LogP contribution in [0.25, 0.3) is 0 Å². The molecule has 0 amide bonds. The molecule has 3 heteroatoms. The van der Waals surface area contributed by atoms with Gasteiger partial charge in [-0.2, -0.15) is 0 Å². The predicted octanol–water partition coefficient (Wildman–Crippen LogP) is 1.59. The fraction of sp³-hybridized carbons (Fsp3) is 0.900. The summed E-state index contributed by atoms with van der Waals surface area (Å²) in [6, 6.07) is 0. The van der Waals surface area contributed by atoms with Crippen LogP contribution in [0.15, 0.2) is 0 Å². The highest BCUT2D eigenvalue weighted by Crippen LogP contribution is 2.24. The first kappa shape index (κ1) is 12.4. The van der Waals surface area contributed by atoms with Gasteiger partial charge in [0, 0.05) is 6.61 Å². The zero-order valence-corrected chi connectivity index (χ0v) is 8.96. The highest BCUT2D eigenvalue weighted by Gasteiger charge is 2.20. The molecule has 0 aliphatic carbocycles. The molecule has 78 valence electrons. The third-order valence-electron chi connectivity index (χ3n) is 2.29. The predicted molar refractivity (Wildman–Crippen MR) is 51.3 cm³/mol. The Morgan fingerprint density at radius 1 is 1.54 bits per heavy atom. The summed E-state index contributed by atoms with van der Waals surface area (Å²) in [5.41, 5.74) is -0.0950. The highest BCUT2D eigenvalue weighted by molar-refractivity contribution is 5.71. The average molecular weight is 188 g/mol. The van der Waals surface area contributed by atoms with E-state index < -0.39 is 0 Å². The summed E-state index contributed by atoms with van der Waals surface area (Å²) in [6.07, 6.45) is 1.60. The van der Waals surface area contributed by atoms with Crippen LogP contribution >= 0.6 is 0 Å². The molecular weight excluding hydrogens is 168 g/mol. The molecule has 0 aromatic rings. The van der Waals surface area contributed by atoms with Gasteiger partial charge in [-0.3, -0.25) is 4.79 Å². The maximum absolute atomic E-state index is 11.0. The van der Waals surface area contributed by atoms with Gasteiger partial charge < -0.3 is 9.84 Å². The normalized spacial score (nSPS) is 13.9. The highest BCUT2D eigenvalue weighted by atomic mass is 16.5. The van der Waals surface area contributed by atoms with Gasteiger partial charge in [0.05, 0.1) is 13.0 Å².